The highest BCUT2D eigenvalue weighted by atomic mass is 35.5. The van der Waals surface area contributed by atoms with Gasteiger partial charge < -0.3 is 15.4 Å². The third kappa shape index (κ3) is 4.74. The molecule has 0 spiro atoms. The number of nitrogens with zero attached hydrogens (tertiary/aromatic N) is 2. The van der Waals surface area contributed by atoms with Gasteiger partial charge in [-0.1, -0.05) is 6.92 Å². The summed E-state index contributed by atoms with van der Waals surface area (Å²) < 4.78 is 5.36. The lowest BCUT2D eigenvalue weighted by Crippen LogP contribution is -2.46. The lowest BCUT2D eigenvalue weighted by molar-refractivity contribution is -0.134. The maximum atomic E-state index is 12.2. The van der Waals surface area contributed by atoms with Gasteiger partial charge in [0, 0.05) is 38.3 Å². The summed E-state index contributed by atoms with van der Waals surface area (Å²) in [6.45, 7) is 9.19. The molecule has 5 nitrogen and oxygen atoms in total. The third-order valence-electron chi connectivity index (χ3n) is 4.22. The molecule has 2 saturated heterocycles. The predicted octanol–water partition coefficient (Wildman–Crippen LogP) is 0.746. The van der Waals surface area contributed by atoms with E-state index in [1.165, 1.54) is 0 Å². The van der Waals surface area contributed by atoms with Gasteiger partial charge in [-0.2, -0.15) is 0 Å². The van der Waals surface area contributed by atoms with Crippen LogP contribution in [-0.2, 0) is 9.53 Å². The lowest BCUT2D eigenvalue weighted by atomic mass is 10.0. The van der Waals surface area contributed by atoms with Gasteiger partial charge in [0.15, 0.2) is 0 Å². The molecule has 0 bridgehead atoms. The van der Waals surface area contributed by atoms with E-state index in [0.29, 0.717) is 6.04 Å². The molecule has 2 fully saturated rings. The Morgan fingerprint density at radius 1 is 1.20 bits per heavy atom. The summed E-state index contributed by atoms with van der Waals surface area (Å²) in [5, 5.41) is 0. The van der Waals surface area contributed by atoms with E-state index in [0.717, 1.165) is 45.8 Å². The monoisotopic (exact) mass is 327 g/mol. The topological polar surface area (TPSA) is 58.8 Å². The van der Waals surface area contributed by atoms with Crippen LogP contribution in [0.5, 0.6) is 0 Å². The second-order valence-electron chi connectivity index (χ2n) is 5.52. The van der Waals surface area contributed by atoms with Crippen molar-refractivity contribution in [1.29, 1.82) is 0 Å². The molecular weight excluding hydrogens is 301 g/mol. The highest BCUT2D eigenvalue weighted by Crippen LogP contribution is 2.19. The molecular formula is C13H27Cl2N3O2. The van der Waals surface area contributed by atoms with Crippen molar-refractivity contribution in [3.63, 3.8) is 0 Å². The second kappa shape index (κ2) is 9.05. The van der Waals surface area contributed by atoms with Gasteiger partial charge in [0.1, 0.15) is 0 Å². The SMILES string of the molecule is CC(N)C(C)C(=O)N1CCC(N2CCOCC2)C1.Cl.Cl. The minimum absolute atomic E-state index is 0. The minimum atomic E-state index is -0.0755. The van der Waals surface area contributed by atoms with Crippen LogP contribution in [-0.4, -0.2) is 67.2 Å². The van der Waals surface area contributed by atoms with Crippen molar-refractivity contribution in [3.8, 4) is 0 Å². The van der Waals surface area contributed by atoms with Crippen LogP contribution in [0.2, 0.25) is 0 Å². The first-order chi connectivity index (χ1) is 8.59. The number of carbonyl (C=O) groups excluding carboxylic acids is 1. The zero-order valence-electron chi connectivity index (χ0n) is 12.3. The van der Waals surface area contributed by atoms with E-state index in [9.17, 15) is 4.79 Å². The van der Waals surface area contributed by atoms with E-state index in [4.69, 9.17) is 10.5 Å². The van der Waals surface area contributed by atoms with Crippen molar-refractivity contribution in [2.75, 3.05) is 39.4 Å². The number of carbonyl (C=O) groups is 1. The molecule has 2 rings (SSSR count). The lowest BCUT2D eigenvalue weighted by Gasteiger charge is -2.32. The Morgan fingerprint density at radius 3 is 2.35 bits per heavy atom. The first-order valence-electron chi connectivity index (χ1n) is 6.95. The fourth-order valence-corrected chi connectivity index (χ4v) is 2.70. The summed E-state index contributed by atoms with van der Waals surface area (Å²) in [5.41, 5.74) is 5.81. The van der Waals surface area contributed by atoms with Gasteiger partial charge in [0.25, 0.3) is 0 Å². The van der Waals surface area contributed by atoms with Crippen LogP contribution < -0.4 is 5.73 Å². The number of likely N-dealkylation sites (tertiary alicyclic amines) is 1. The number of hydrogen-bond donors (Lipinski definition) is 1. The van der Waals surface area contributed by atoms with Crippen LogP contribution in [0.3, 0.4) is 0 Å². The van der Waals surface area contributed by atoms with E-state index in [-0.39, 0.29) is 42.7 Å². The van der Waals surface area contributed by atoms with Crippen molar-refractivity contribution < 1.29 is 9.53 Å². The molecule has 3 unspecified atom stereocenters. The first kappa shape index (κ1) is 19.9. The molecule has 0 saturated carbocycles. The van der Waals surface area contributed by atoms with Gasteiger partial charge in [-0.15, -0.1) is 24.8 Å². The maximum absolute atomic E-state index is 12.2. The third-order valence-corrected chi connectivity index (χ3v) is 4.22. The smallest absolute Gasteiger partial charge is 0.227 e. The molecule has 0 aromatic carbocycles. The number of halogens is 2. The second-order valence-corrected chi connectivity index (χ2v) is 5.52. The molecule has 7 heteroatoms. The van der Waals surface area contributed by atoms with Gasteiger partial charge in [-0.3, -0.25) is 9.69 Å². The van der Waals surface area contributed by atoms with Gasteiger partial charge in [0.2, 0.25) is 5.91 Å². The molecule has 2 aliphatic heterocycles. The largest absolute Gasteiger partial charge is 0.379 e. The molecule has 2 heterocycles. The Bertz CT molecular complexity index is 299. The summed E-state index contributed by atoms with van der Waals surface area (Å²) in [5.74, 6) is 0.134. The number of amides is 1. The van der Waals surface area contributed by atoms with Crippen molar-refractivity contribution in [2.45, 2.75) is 32.4 Å². The number of hydrogen-bond acceptors (Lipinski definition) is 4. The highest BCUT2D eigenvalue weighted by Gasteiger charge is 2.33. The summed E-state index contributed by atoms with van der Waals surface area (Å²) in [6, 6.07) is 0.443. The summed E-state index contributed by atoms with van der Waals surface area (Å²) in [4.78, 5) is 16.6. The standard InChI is InChI=1S/C13H25N3O2.2ClH/c1-10(11(2)14)13(17)16-4-3-12(9-16)15-5-7-18-8-6-15;;/h10-12H,3-9,14H2,1-2H3;2*1H. The maximum Gasteiger partial charge on any atom is 0.227 e. The molecule has 120 valence electrons. The summed E-state index contributed by atoms with van der Waals surface area (Å²) in [6.07, 6.45) is 1.08. The first-order valence-corrected chi connectivity index (χ1v) is 6.95. The molecule has 0 aromatic rings. The fraction of sp³-hybridized carbons (Fsp3) is 0.923. The Morgan fingerprint density at radius 2 is 1.80 bits per heavy atom. The Kier molecular flexibility index (Phi) is 9.02. The van der Waals surface area contributed by atoms with E-state index in [1.807, 2.05) is 18.7 Å². The van der Waals surface area contributed by atoms with Crippen molar-refractivity contribution in [2.24, 2.45) is 11.7 Å². The molecule has 2 N–H and O–H groups in total. The Balaban J connectivity index is 0.00000180. The van der Waals surface area contributed by atoms with Gasteiger partial charge in [0.05, 0.1) is 19.1 Å². The van der Waals surface area contributed by atoms with Crippen molar-refractivity contribution >= 4 is 30.7 Å². The van der Waals surface area contributed by atoms with Crippen LogP contribution in [0, 0.1) is 5.92 Å². The van der Waals surface area contributed by atoms with Crippen LogP contribution >= 0.6 is 24.8 Å². The Hall–Kier alpha value is -0.0700. The quantitative estimate of drug-likeness (QED) is 0.830. The van der Waals surface area contributed by atoms with Gasteiger partial charge in [-0.25, -0.2) is 0 Å². The highest BCUT2D eigenvalue weighted by molar-refractivity contribution is 5.85. The van der Waals surface area contributed by atoms with Crippen LogP contribution in [0.25, 0.3) is 0 Å². The zero-order valence-corrected chi connectivity index (χ0v) is 13.9. The molecule has 1 amide bonds. The number of ether oxygens (including phenoxy) is 1. The van der Waals surface area contributed by atoms with E-state index >= 15 is 0 Å². The fourth-order valence-electron chi connectivity index (χ4n) is 2.70. The van der Waals surface area contributed by atoms with E-state index < -0.39 is 0 Å². The minimum Gasteiger partial charge on any atom is -0.379 e. The van der Waals surface area contributed by atoms with Crippen molar-refractivity contribution in [1.82, 2.24) is 9.80 Å². The summed E-state index contributed by atoms with van der Waals surface area (Å²) >= 11 is 0. The number of rotatable bonds is 3. The average Bonchev–Trinajstić information content (AvgIpc) is 2.87. The van der Waals surface area contributed by atoms with Gasteiger partial charge >= 0.3 is 0 Å². The van der Waals surface area contributed by atoms with Crippen LogP contribution in [0.1, 0.15) is 20.3 Å². The Labute approximate surface area is 134 Å². The van der Waals surface area contributed by atoms with Gasteiger partial charge in [-0.05, 0) is 13.3 Å². The van der Waals surface area contributed by atoms with E-state index in [2.05, 4.69) is 4.90 Å². The number of nitrogens with two attached hydrogens (primary N) is 1. The molecule has 0 aromatic heterocycles. The number of morpholine rings is 1. The summed E-state index contributed by atoms with van der Waals surface area (Å²) in [7, 11) is 0. The average molecular weight is 328 g/mol. The van der Waals surface area contributed by atoms with E-state index in [1.54, 1.807) is 0 Å². The van der Waals surface area contributed by atoms with Crippen LogP contribution in [0.4, 0.5) is 0 Å². The molecule has 0 aliphatic carbocycles. The zero-order chi connectivity index (χ0) is 13.1. The molecule has 0 radical (unpaired) electrons. The van der Waals surface area contributed by atoms with Crippen LogP contribution in [0.15, 0.2) is 0 Å². The molecule has 2 aliphatic rings. The van der Waals surface area contributed by atoms with Crippen molar-refractivity contribution in [3.05, 3.63) is 0 Å². The molecule has 3 atom stereocenters. The molecule has 20 heavy (non-hydrogen) atoms. The normalized spacial score (nSPS) is 26.4. The predicted molar refractivity (Wildman–Crippen MR) is 84.7 cm³/mol.